The zero-order chi connectivity index (χ0) is 12.2. The van der Waals surface area contributed by atoms with E-state index in [0.29, 0.717) is 39.1 Å². The highest BCUT2D eigenvalue weighted by atomic mass is 16.6. The molecule has 3 N–H and O–H groups in total. The molecular formula is C10H21NO5. The normalized spacial score (nSPS) is 12.4. The molecule has 0 fully saturated rings. The van der Waals surface area contributed by atoms with Crippen LogP contribution in [0.5, 0.6) is 0 Å². The van der Waals surface area contributed by atoms with E-state index in [2.05, 4.69) is 4.84 Å². The summed E-state index contributed by atoms with van der Waals surface area (Å²) in [5.41, 5.74) is 0. The van der Waals surface area contributed by atoms with Gasteiger partial charge >= 0.3 is 5.97 Å². The molecule has 0 aromatic heterocycles. The van der Waals surface area contributed by atoms with E-state index in [9.17, 15) is 4.79 Å². The fourth-order valence-corrected chi connectivity index (χ4v) is 0.907. The van der Waals surface area contributed by atoms with Crippen molar-refractivity contribution in [2.75, 3.05) is 26.4 Å². The van der Waals surface area contributed by atoms with Gasteiger partial charge in [-0.1, -0.05) is 6.92 Å². The molecular weight excluding hydrogens is 214 g/mol. The third-order valence-corrected chi connectivity index (χ3v) is 1.92. The van der Waals surface area contributed by atoms with Crippen molar-refractivity contribution in [1.82, 2.24) is 0 Å². The van der Waals surface area contributed by atoms with Crippen LogP contribution in [0.2, 0.25) is 0 Å². The first kappa shape index (κ1) is 15.3. The molecule has 0 aromatic rings. The fraction of sp³-hybridized carbons (Fsp3) is 0.900. The summed E-state index contributed by atoms with van der Waals surface area (Å²) in [5, 5.41) is 9.15. The first-order chi connectivity index (χ1) is 7.70. The summed E-state index contributed by atoms with van der Waals surface area (Å²) in [6.45, 7) is 3.12. The zero-order valence-corrected chi connectivity index (χ0v) is 9.68. The van der Waals surface area contributed by atoms with Gasteiger partial charge in [0.05, 0.1) is 19.3 Å². The fourth-order valence-electron chi connectivity index (χ4n) is 0.907. The first-order valence-electron chi connectivity index (χ1n) is 5.43. The summed E-state index contributed by atoms with van der Waals surface area (Å²) in [6.07, 6.45) is 0.892. The van der Waals surface area contributed by atoms with Crippen molar-refractivity contribution in [2.24, 2.45) is 5.90 Å². The number of aliphatic hydroxyl groups is 1. The van der Waals surface area contributed by atoms with Crippen molar-refractivity contribution in [3.05, 3.63) is 0 Å². The van der Waals surface area contributed by atoms with Gasteiger partial charge in [0.2, 0.25) is 0 Å². The highest BCUT2D eigenvalue weighted by Crippen LogP contribution is 1.97. The molecule has 0 spiro atoms. The van der Waals surface area contributed by atoms with Gasteiger partial charge in [-0.05, 0) is 12.8 Å². The van der Waals surface area contributed by atoms with Gasteiger partial charge < -0.3 is 19.4 Å². The molecule has 0 amide bonds. The van der Waals surface area contributed by atoms with E-state index >= 15 is 0 Å². The van der Waals surface area contributed by atoms with Gasteiger partial charge in [-0.25, -0.2) is 5.90 Å². The summed E-state index contributed by atoms with van der Waals surface area (Å²) in [7, 11) is 0. The van der Waals surface area contributed by atoms with Crippen LogP contribution in [0.4, 0.5) is 0 Å². The lowest BCUT2D eigenvalue weighted by molar-refractivity contribution is -0.147. The molecule has 0 heterocycles. The minimum Gasteiger partial charge on any atom is -0.463 e. The van der Waals surface area contributed by atoms with E-state index in [1.807, 2.05) is 6.92 Å². The predicted molar refractivity (Wildman–Crippen MR) is 57.4 cm³/mol. The van der Waals surface area contributed by atoms with Gasteiger partial charge in [-0.2, -0.15) is 0 Å². The molecule has 0 aromatic carbocycles. The molecule has 0 aliphatic carbocycles. The Morgan fingerprint density at radius 3 is 2.75 bits per heavy atom. The highest BCUT2D eigenvalue weighted by molar-refractivity contribution is 5.69. The molecule has 0 rings (SSSR count). The number of ether oxygens (including phenoxy) is 2. The van der Waals surface area contributed by atoms with Crippen LogP contribution in [-0.4, -0.2) is 43.6 Å². The molecule has 0 saturated carbocycles. The average molecular weight is 235 g/mol. The number of aliphatic hydroxyl groups excluding tert-OH is 1. The second-order valence-corrected chi connectivity index (χ2v) is 3.33. The molecule has 0 bridgehead atoms. The number of hydrogen-bond acceptors (Lipinski definition) is 6. The van der Waals surface area contributed by atoms with Gasteiger partial charge in [-0.3, -0.25) is 4.79 Å². The van der Waals surface area contributed by atoms with Crippen molar-refractivity contribution in [2.45, 2.75) is 32.3 Å². The molecule has 0 saturated heterocycles. The van der Waals surface area contributed by atoms with Crippen LogP contribution >= 0.6 is 0 Å². The van der Waals surface area contributed by atoms with Crippen molar-refractivity contribution in [3.63, 3.8) is 0 Å². The Balaban J connectivity index is 3.24. The van der Waals surface area contributed by atoms with Crippen molar-refractivity contribution in [3.8, 4) is 0 Å². The summed E-state index contributed by atoms with van der Waals surface area (Å²) in [5.74, 6) is 4.48. The Bertz CT molecular complexity index is 177. The second kappa shape index (κ2) is 10.8. The van der Waals surface area contributed by atoms with Crippen LogP contribution in [0.25, 0.3) is 0 Å². The van der Waals surface area contributed by atoms with Crippen LogP contribution < -0.4 is 5.90 Å². The number of carbonyl (C=O) groups excluding carboxylic acids is 1. The standard InChI is InChI=1S/C10H21NO5/c1-2-9(12)8-15-10(13)4-3-5-14-6-7-16-11/h9,12H,2-8,11H2,1H3. The minimum absolute atomic E-state index is 0.0667. The van der Waals surface area contributed by atoms with Gasteiger partial charge in [0.1, 0.15) is 6.61 Å². The quantitative estimate of drug-likeness (QED) is 0.314. The molecule has 0 aliphatic heterocycles. The molecule has 96 valence electrons. The topological polar surface area (TPSA) is 91.0 Å². The minimum atomic E-state index is -0.568. The van der Waals surface area contributed by atoms with E-state index in [-0.39, 0.29) is 12.6 Å². The predicted octanol–water partition coefficient (Wildman–Crippen LogP) is -0.0124. The van der Waals surface area contributed by atoms with E-state index in [1.165, 1.54) is 0 Å². The van der Waals surface area contributed by atoms with Crippen molar-refractivity contribution < 1.29 is 24.2 Å². The highest BCUT2D eigenvalue weighted by Gasteiger charge is 2.06. The summed E-state index contributed by atoms with van der Waals surface area (Å²) >= 11 is 0. The lowest BCUT2D eigenvalue weighted by Gasteiger charge is -2.08. The van der Waals surface area contributed by atoms with Crippen molar-refractivity contribution >= 4 is 5.97 Å². The third kappa shape index (κ3) is 9.85. The van der Waals surface area contributed by atoms with Gasteiger partial charge in [0, 0.05) is 13.0 Å². The molecule has 16 heavy (non-hydrogen) atoms. The van der Waals surface area contributed by atoms with E-state index < -0.39 is 6.10 Å². The van der Waals surface area contributed by atoms with Gasteiger partial charge in [-0.15, -0.1) is 0 Å². The van der Waals surface area contributed by atoms with Crippen LogP contribution in [0.15, 0.2) is 0 Å². The molecule has 6 nitrogen and oxygen atoms in total. The maximum absolute atomic E-state index is 11.1. The molecule has 1 unspecified atom stereocenters. The lowest BCUT2D eigenvalue weighted by atomic mass is 10.3. The van der Waals surface area contributed by atoms with Gasteiger partial charge in [0.15, 0.2) is 0 Å². The number of carbonyl (C=O) groups is 1. The molecule has 0 radical (unpaired) electrons. The molecule has 1 atom stereocenters. The number of esters is 1. The van der Waals surface area contributed by atoms with E-state index in [4.69, 9.17) is 20.5 Å². The Kier molecular flexibility index (Phi) is 10.3. The zero-order valence-electron chi connectivity index (χ0n) is 9.68. The van der Waals surface area contributed by atoms with Crippen LogP contribution in [0.1, 0.15) is 26.2 Å². The summed E-state index contributed by atoms with van der Waals surface area (Å²) in [6, 6.07) is 0. The summed E-state index contributed by atoms with van der Waals surface area (Å²) < 4.78 is 9.94. The van der Waals surface area contributed by atoms with Crippen LogP contribution in [0.3, 0.4) is 0 Å². The van der Waals surface area contributed by atoms with E-state index in [0.717, 1.165) is 0 Å². The lowest BCUT2D eigenvalue weighted by Crippen LogP contribution is -2.17. The monoisotopic (exact) mass is 235 g/mol. The maximum Gasteiger partial charge on any atom is 0.305 e. The number of rotatable bonds is 10. The smallest absolute Gasteiger partial charge is 0.305 e. The largest absolute Gasteiger partial charge is 0.463 e. The van der Waals surface area contributed by atoms with Crippen molar-refractivity contribution in [1.29, 1.82) is 0 Å². The molecule has 0 aliphatic rings. The maximum atomic E-state index is 11.1. The van der Waals surface area contributed by atoms with Gasteiger partial charge in [0.25, 0.3) is 0 Å². The third-order valence-electron chi connectivity index (χ3n) is 1.92. The Labute approximate surface area is 95.6 Å². The molecule has 6 heteroatoms. The summed E-state index contributed by atoms with van der Waals surface area (Å²) in [4.78, 5) is 15.4. The van der Waals surface area contributed by atoms with Crippen LogP contribution in [-0.2, 0) is 19.1 Å². The second-order valence-electron chi connectivity index (χ2n) is 3.33. The Morgan fingerprint density at radius 2 is 2.12 bits per heavy atom. The Hall–Kier alpha value is -0.690. The number of hydrogen-bond donors (Lipinski definition) is 2. The van der Waals surface area contributed by atoms with E-state index in [1.54, 1.807) is 0 Å². The Morgan fingerprint density at radius 1 is 1.38 bits per heavy atom. The first-order valence-corrected chi connectivity index (χ1v) is 5.43. The SMILES string of the molecule is CCC(O)COC(=O)CCCOCCON. The van der Waals surface area contributed by atoms with Crippen LogP contribution in [0, 0.1) is 0 Å². The number of nitrogens with two attached hydrogens (primary N) is 1. The average Bonchev–Trinajstić information content (AvgIpc) is 2.30.